The summed E-state index contributed by atoms with van der Waals surface area (Å²) in [6.45, 7) is 0. The molecule has 10 rings (SSSR count). The lowest BCUT2D eigenvalue weighted by Crippen LogP contribution is -2.01. The molecule has 0 spiro atoms. The average molecular weight is 678 g/mol. The molecule has 0 bridgehead atoms. The van der Waals surface area contributed by atoms with Gasteiger partial charge < -0.3 is 4.42 Å². The summed E-state index contributed by atoms with van der Waals surface area (Å²) in [5, 5.41) is 4.52. The van der Waals surface area contributed by atoms with Crippen molar-refractivity contribution in [3.8, 4) is 67.5 Å². The maximum atomic E-state index is 6.49. The predicted molar refractivity (Wildman–Crippen MR) is 217 cm³/mol. The molecule has 0 saturated carbocycles. The Balaban J connectivity index is 1.18. The SMILES string of the molecule is c1ccc(-c2ccc(-c3nc(-c4ccc(-c5cccc6ccccc56)cc4)nc(-c4cccc5c4oc4ccccc45)n3)c(-c3ccccc3)c2)cc1. The third kappa shape index (κ3) is 5.54. The Morgan fingerprint density at radius 2 is 0.849 bits per heavy atom. The Bertz CT molecular complexity index is 2930. The summed E-state index contributed by atoms with van der Waals surface area (Å²) < 4.78 is 6.49. The third-order valence-electron chi connectivity index (χ3n) is 9.98. The van der Waals surface area contributed by atoms with E-state index in [-0.39, 0.29) is 0 Å². The van der Waals surface area contributed by atoms with Gasteiger partial charge in [0, 0.05) is 21.9 Å². The van der Waals surface area contributed by atoms with Crippen molar-refractivity contribution in [1.82, 2.24) is 15.0 Å². The highest BCUT2D eigenvalue weighted by atomic mass is 16.3. The fourth-order valence-electron chi connectivity index (χ4n) is 7.35. The lowest BCUT2D eigenvalue weighted by atomic mass is 9.94. The van der Waals surface area contributed by atoms with Crippen molar-refractivity contribution in [2.75, 3.05) is 0 Å². The smallest absolute Gasteiger partial charge is 0.167 e. The van der Waals surface area contributed by atoms with Gasteiger partial charge in [-0.25, -0.2) is 15.0 Å². The Labute approximate surface area is 306 Å². The fraction of sp³-hybridized carbons (Fsp3) is 0. The molecule has 0 unspecified atom stereocenters. The number of aromatic nitrogens is 3. The number of hydrogen-bond acceptors (Lipinski definition) is 4. The first-order valence-electron chi connectivity index (χ1n) is 17.8. The van der Waals surface area contributed by atoms with Crippen molar-refractivity contribution in [2.45, 2.75) is 0 Å². The van der Waals surface area contributed by atoms with Crippen molar-refractivity contribution < 1.29 is 4.42 Å². The van der Waals surface area contributed by atoms with Crippen LogP contribution in [0.5, 0.6) is 0 Å². The molecule has 10 aromatic rings. The van der Waals surface area contributed by atoms with Gasteiger partial charge in [-0.15, -0.1) is 0 Å². The molecule has 0 aliphatic rings. The summed E-state index contributed by atoms with van der Waals surface area (Å²) in [7, 11) is 0. The van der Waals surface area contributed by atoms with Crippen LogP contribution in [-0.4, -0.2) is 15.0 Å². The van der Waals surface area contributed by atoms with Crippen molar-refractivity contribution in [3.05, 3.63) is 188 Å². The first-order chi connectivity index (χ1) is 26.3. The minimum absolute atomic E-state index is 0.555. The number of hydrogen-bond donors (Lipinski definition) is 0. The number of nitrogens with zero attached hydrogens (tertiary/aromatic N) is 3. The predicted octanol–water partition coefficient (Wildman–Crippen LogP) is 12.9. The number of rotatable bonds is 6. The van der Waals surface area contributed by atoms with Crippen molar-refractivity contribution in [2.24, 2.45) is 0 Å². The molecule has 4 nitrogen and oxygen atoms in total. The van der Waals surface area contributed by atoms with Crippen LogP contribution >= 0.6 is 0 Å². The zero-order valence-corrected chi connectivity index (χ0v) is 28.6. The van der Waals surface area contributed by atoms with Crippen molar-refractivity contribution >= 4 is 32.7 Å². The van der Waals surface area contributed by atoms with Gasteiger partial charge in [-0.1, -0.05) is 164 Å². The molecule has 2 aromatic heterocycles. The normalized spacial score (nSPS) is 11.4. The first kappa shape index (κ1) is 30.6. The second-order valence-electron chi connectivity index (χ2n) is 13.2. The summed E-state index contributed by atoms with van der Waals surface area (Å²) in [6, 6.07) is 65.2. The molecule has 0 aliphatic heterocycles. The van der Waals surface area contributed by atoms with Gasteiger partial charge in [0.15, 0.2) is 17.5 Å². The van der Waals surface area contributed by atoms with E-state index in [1.807, 2.05) is 42.5 Å². The van der Waals surface area contributed by atoms with Gasteiger partial charge in [0.1, 0.15) is 11.2 Å². The lowest BCUT2D eigenvalue weighted by Gasteiger charge is -2.14. The molecular formula is C49H31N3O. The number of para-hydroxylation sites is 2. The van der Waals surface area contributed by atoms with Gasteiger partial charge in [-0.3, -0.25) is 0 Å². The number of furan rings is 1. The first-order valence-corrected chi connectivity index (χ1v) is 17.8. The van der Waals surface area contributed by atoms with Gasteiger partial charge in [-0.05, 0) is 68.4 Å². The molecule has 0 radical (unpaired) electrons. The third-order valence-corrected chi connectivity index (χ3v) is 9.98. The topological polar surface area (TPSA) is 51.8 Å². The van der Waals surface area contributed by atoms with E-state index in [9.17, 15) is 0 Å². The Morgan fingerprint density at radius 1 is 0.302 bits per heavy atom. The highest BCUT2D eigenvalue weighted by Crippen LogP contribution is 2.39. The molecule has 8 aromatic carbocycles. The van der Waals surface area contributed by atoms with Gasteiger partial charge in [0.05, 0.1) is 5.56 Å². The lowest BCUT2D eigenvalue weighted by molar-refractivity contribution is 0.669. The van der Waals surface area contributed by atoms with E-state index in [0.717, 1.165) is 66.4 Å². The van der Waals surface area contributed by atoms with Gasteiger partial charge in [0.25, 0.3) is 0 Å². The minimum Gasteiger partial charge on any atom is -0.455 e. The summed E-state index contributed by atoms with van der Waals surface area (Å²) in [5.74, 6) is 1.74. The molecule has 0 amide bonds. The van der Waals surface area contributed by atoms with E-state index in [1.165, 1.54) is 16.3 Å². The zero-order valence-electron chi connectivity index (χ0n) is 28.6. The van der Waals surface area contributed by atoms with E-state index >= 15 is 0 Å². The molecule has 0 saturated heterocycles. The highest BCUT2D eigenvalue weighted by Gasteiger charge is 2.20. The molecule has 53 heavy (non-hydrogen) atoms. The molecule has 0 aliphatic carbocycles. The van der Waals surface area contributed by atoms with Gasteiger partial charge >= 0.3 is 0 Å². The van der Waals surface area contributed by atoms with Crippen LogP contribution in [0.15, 0.2) is 192 Å². The summed E-state index contributed by atoms with van der Waals surface area (Å²) in [6.07, 6.45) is 0. The van der Waals surface area contributed by atoms with Crippen LogP contribution in [0.1, 0.15) is 0 Å². The van der Waals surface area contributed by atoms with E-state index in [4.69, 9.17) is 19.4 Å². The quantitative estimate of drug-likeness (QED) is 0.176. The van der Waals surface area contributed by atoms with Crippen LogP contribution in [0.2, 0.25) is 0 Å². The van der Waals surface area contributed by atoms with Crippen LogP contribution in [0.25, 0.3) is 100 Å². The van der Waals surface area contributed by atoms with Gasteiger partial charge in [-0.2, -0.15) is 0 Å². The summed E-state index contributed by atoms with van der Waals surface area (Å²) in [5.41, 5.74) is 11.0. The average Bonchev–Trinajstić information content (AvgIpc) is 3.63. The largest absolute Gasteiger partial charge is 0.455 e. The molecule has 248 valence electrons. The van der Waals surface area contributed by atoms with Crippen LogP contribution in [0.4, 0.5) is 0 Å². The zero-order chi connectivity index (χ0) is 35.1. The molecular weight excluding hydrogens is 647 g/mol. The molecule has 0 N–H and O–H groups in total. The molecule has 0 fully saturated rings. The van der Waals surface area contributed by atoms with Crippen LogP contribution in [0.3, 0.4) is 0 Å². The van der Waals surface area contributed by atoms with E-state index in [2.05, 4.69) is 146 Å². The molecule has 0 atom stereocenters. The summed E-state index contributed by atoms with van der Waals surface area (Å²) in [4.78, 5) is 15.6. The standard InChI is InChI=1S/C49H31N3O/c1-3-13-32(14-4-1)37-29-30-42(44(31-37)34-15-5-2-6-16-34)48-50-47(36-27-25-35(26-28-36)39-21-11-18-33-17-7-8-19-38(33)39)51-49(52-48)43-23-12-22-41-40-20-9-10-24-45(40)53-46(41)43/h1-31H. The Morgan fingerprint density at radius 3 is 1.66 bits per heavy atom. The molecule has 2 heterocycles. The Kier molecular flexibility index (Phi) is 7.43. The summed E-state index contributed by atoms with van der Waals surface area (Å²) >= 11 is 0. The fourth-order valence-corrected chi connectivity index (χ4v) is 7.35. The maximum Gasteiger partial charge on any atom is 0.167 e. The Hall–Kier alpha value is -7.17. The number of benzene rings is 8. The van der Waals surface area contributed by atoms with E-state index < -0.39 is 0 Å². The van der Waals surface area contributed by atoms with E-state index in [1.54, 1.807) is 0 Å². The van der Waals surface area contributed by atoms with Gasteiger partial charge in [0.2, 0.25) is 0 Å². The maximum absolute atomic E-state index is 6.49. The van der Waals surface area contributed by atoms with Crippen molar-refractivity contribution in [3.63, 3.8) is 0 Å². The second kappa shape index (κ2) is 12.9. The monoisotopic (exact) mass is 677 g/mol. The van der Waals surface area contributed by atoms with Crippen molar-refractivity contribution in [1.29, 1.82) is 0 Å². The minimum atomic E-state index is 0.555. The van der Waals surface area contributed by atoms with Crippen LogP contribution in [0, 0.1) is 0 Å². The van der Waals surface area contributed by atoms with E-state index in [0.29, 0.717) is 17.5 Å². The molecule has 4 heteroatoms. The van der Waals surface area contributed by atoms with Crippen LogP contribution < -0.4 is 0 Å². The highest BCUT2D eigenvalue weighted by molar-refractivity contribution is 6.09. The number of fused-ring (bicyclic) bond motifs is 4. The van der Waals surface area contributed by atoms with Crippen LogP contribution in [-0.2, 0) is 0 Å². The second-order valence-corrected chi connectivity index (χ2v) is 13.2.